The molecule has 1 aromatic carbocycles. The van der Waals surface area contributed by atoms with Crippen molar-refractivity contribution in [2.45, 2.75) is 26.2 Å². The number of rotatable bonds is 5. The van der Waals surface area contributed by atoms with Crippen LogP contribution in [0, 0.1) is 5.92 Å². The first-order valence-corrected chi connectivity index (χ1v) is 8.69. The predicted octanol–water partition coefficient (Wildman–Crippen LogP) is 3.95. The van der Waals surface area contributed by atoms with E-state index < -0.39 is 0 Å². The normalized spacial score (nSPS) is 16.9. The summed E-state index contributed by atoms with van der Waals surface area (Å²) in [6.07, 6.45) is 3.58. The van der Waals surface area contributed by atoms with Gasteiger partial charge in [0.25, 0.3) is 5.91 Å². The van der Waals surface area contributed by atoms with Gasteiger partial charge in [0.05, 0.1) is 5.56 Å². The third-order valence-corrected chi connectivity index (χ3v) is 4.88. The lowest BCUT2D eigenvalue weighted by Crippen LogP contribution is -2.35. The summed E-state index contributed by atoms with van der Waals surface area (Å²) in [5, 5.41) is 3.59. The Morgan fingerprint density at radius 3 is 2.81 bits per heavy atom. The van der Waals surface area contributed by atoms with Crippen molar-refractivity contribution in [1.82, 2.24) is 10.2 Å². The fourth-order valence-electron chi connectivity index (χ4n) is 2.56. The average Bonchev–Trinajstić information content (AvgIpc) is 2.45. The van der Waals surface area contributed by atoms with Gasteiger partial charge in [-0.2, -0.15) is 0 Å². The zero-order chi connectivity index (χ0) is 15.2. The molecule has 0 atom stereocenters. The van der Waals surface area contributed by atoms with Crippen molar-refractivity contribution < 1.29 is 4.79 Å². The molecular formula is C16H22BrClN2O. The summed E-state index contributed by atoms with van der Waals surface area (Å²) in [5.74, 6) is 0.814. The Morgan fingerprint density at radius 1 is 1.43 bits per heavy atom. The fraction of sp³-hybridized carbons (Fsp3) is 0.562. The Hall–Kier alpha value is -0.580. The zero-order valence-corrected chi connectivity index (χ0v) is 14.7. The quantitative estimate of drug-likeness (QED) is 0.793. The van der Waals surface area contributed by atoms with Gasteiger partial charge in [-0.1, -0.05) is 18.5 Å². The van der Waals surface area contributed by atoms with Crippen molar-refractivity contribution in [3.05, 3.63) is 33.3 Å². The third-order valence-electron chi connectivity index (χ3n) is 3.99. The van der Waals surface area contributed by atoms with Gasteiger partial charge in [0, 0.05) is 16.0 Å². The molecule has 1 saturated heterocycles. The van der Waals surface area contributed by atoms with Crippen LogP contribution in [0.3, 0.4) is 0 Å². The number of benzene rings is 1. The van der Waals surface area contributed by atoms with E-state index in [1.807, 2.05) is 0 Å². The molecule has 3 nitrogen and oxygen atoms in total. The van der Waals surface area contributed by atoms with Crippen LogP contribution in [-0.2, 0) is 0 Å². The van der Waals surface area contributed by atoms with Gasteiger partial charge >= 0.3 is 0 Å². The van der Waals surface area contributed by atoms with Crippen molar-refractivity contribution in [3.8, 4) is 0 Å². The second-order valence-corrected chi connectivity index (χ2v) is 7.05. The second-order valence-electron chi connectivity index (χ2n) is 5.76. The molecule has 0 radical (unpaired) electrons. The first-order chi connectivity index (χ1) is 10.1. The minimum Gasteiger partial charge on any atom is -0.352 e. The van der Waals surface area contributed by atoms with E-state index in [1.165, 1.54) is 25.9 Å². The lowest BCUT2D eigenvalue weighted by atomic mass is 9.99. The maximum absolute atomic E-state index is 12.1. The van der Waals surface area contributed by atoms with Crippen molar-refractivity contribution >= 4 is 33.4 Å². The molecule has 2 rings (SSSR count). The summed E-state index contributed by atoms with van der Waals surface area (Å²) in [6, 6.07) is 5.22. The molecule has 1 fully saturated rings. The van der Waals surface area contributed by atoms with Crippen LogP contribution in [0.1, 0.15) is 36.5 Å². The molecule has 0 aromatic heterocycles. The minimum absolute atomic E-state index is 0.0502. The first-order valence-electron chi connectivity index (χ1n) is 7.52. The van der Waals surface area contributed by atoms with Crippen LogP contribution in [0.25, 0.3) is 0 Å². The molecule has 0 aliphatic carbocycles. The Labute approximate surface area is 140 Å². The van der Waals surface area contributed by atoms with Gasteiger partial charge < -0.3 is 10.2 Å². The van der Waals surface area contributed by atoms with Gasteiger partial charge in [-0.05, 0) is 78.9 Å². The largest absolute Gasteiger partial charge is 0.352 e. The van der Waals surface area contributed by atoms with Crippen LogP contribution in [0.4, 0.5) is 0 Å². The summed E-state index contributed by atoms with van der Waals surface area (Å²) in [7, 11) is 0. The smallest absolute Gasteiger partial charge is 0.252 e. The molecule has 21 heavy (non-hydrogen) atoms. The van der Waals surface area contributed by atoms with E-state index >= 15 is 0 Å². The maximum atomic E-state index is 12.1. The summed E-state index contributed by atoms with van der Waals surface area (Å²) >= 11 is 9.25. The Balaban J connectivity index is 1.69. The highest BCUT2D eigenvalue weighted by atomic mass is 79.9. The lowest BCUT2D eigenvalue weighted by molar-refractivity contribution is 0.0950. The van der Waals surface area contributed by atoms with Crippen LogP contribution in [0.15, 0.2) is 22.7 Å². The molecule has 0 bridgehead atoms. The standard InChI is InChI=1S/C16H22BrClN2O/c1-12-5-9-20(10-6-12)8-2-7-19-16(21)14-4-3-13(18)11-15(14)17/h3-4,11-12H,2,5-10H2,1H3,(H,19,21). The molecule has 1 aliphatic heterocycles. The average molecular weight is 374 g/mol. The topological polar surface area (TPSA) is 32.3 Å². The molecule has 0 unspecified atom stereocenters. The maximum Gasteiger partial charge on any atom is 0.252 e. The van der Waals surface area contributed by atoms with E-state index in [-0.39, 0.29) is 5.91 Å². The minimum atomic E-state index is -0.0502. The van der Waals surface area contributed by atoms with Crippen LogP contribution in [0.2, 0.25) is 5.02 Å². The number of nitrogens with one attached hydrogen (secondary N) is 1. The fourth-order valence-corrected chi connectivity index (χ4v) is 3.42. The molecule has 1 amide bonds. The molecule has 1 heterocycles. The van der Waals surface area contributed by atoms with Crippen LogP contribution in [0.5, 0.6) is 0 Å². The highest BCUT2D eigenvalue weighted by molar-refractivity contribution is 9.10. The number of piperidine rings is 1. The Bertz CT molecular complexity index is 487. The molecule has 1 aliphatic rings. The van der Waals surface area contributed by atoms with E-state index in [0.717, 1.165) is 23.4 Å². The van der Waals surface area contributed by atoms with Crippen molar-refractivity contribution in [2.75, 3.05) is 26.2 Å². The molecule has 116 valence electrons. The number of carbonyl (C=O) groups is 1. The summed E-state index contributed by atoms with van der Waals surface area (Å²) in [5.41, 5.74) is 0.631. The van der Waals surface area contributed by atoms with Gasteiger partial charge in [0.1, 0.15) is 0 Å². The van der Waals surface area contributed by atoms with Gasteiger partial charge in [-0.15, -0.1) is 0 Å². The SMILES string of the molecule is CC1CCN(CCCNC(=O)c2ccc(Cl)cc2Br)CC1. The van der Waals surface area contributed by atoms with Gasteiger partial charge in [-0.25, -0.2) is 0 Å². The third kappa shape index (κ3) is 5.28. The molecule has 0 spiro atoms. The zero-order valence-electron chi connectivity index (χ0n) is 12.4. The van der Waals surface area contributed by atoms with Crippen molar-refractivity contribution in [3.63, 3.8) is 0 Å². The number of carbonyl (C=O) groups excluding carboxylic acids is 1. The first kappa shape index (κ1) is 16.8. The highest BCUT2D eigenvalue weighted by Gasteiger charge is 2.15. The summed E-state index contributed by atoms with van der Waals surface area (Å²) < 4.78 is 0.734. The number of amides is 1. The van der Waals surface area contributed by atoms with E-state index in [0.29, 0.717) is 17.1 Å². The monoisotopic (exact) mass is 372 g/mol. The van der Waals surface area contributed by atoms with Crippen LogP contribution >= 0.6 is 27.5 Å². The van der Waals surface area contributed by atoms with E-state index in [2.05, 4.69) is 33.1 Å². The van der Waals surface area contributed by atoms with Gasteiger partial charge in [-0.3, -0.25) is 4.79 Å². The number of halogens is 2. The lowest BCUT2D eigenvalue weighted by Gasteiger charge is -2.30. The molecule has 1 N–H and O–H groups in total. The van der Waals surface area contributed by atoms with E-state index in [9.17, 15) is 4.79 Å². The number of hydrogen-bond acceptors (Lipinski definition) is 2. The number of likely N-dealkylation sites (tertiary alicyclic amines) is 1. The molecular weight excluding hydrogens is 352 g/mol. The van der Waals surface area contributed by atoms with Gasteiger partial charge in [0.2, 0.25) is 0 Å². The van der Waals surface area contributed by atoms with Crippen LogP contribution < -0.4 is 5.32 Å². The predicted molar refractivity (Wildman–Crippen MR) is 90.9 cm³/mol. The van der Waals surface area contributed by atoms with Crippen molar-refractivity contribution in [2.24, 2.45) is 5.92 Å². The molecule has 5 heteroatoms. The van der Waals surface area contributed by atoms with Crippen LogP contribution in [-0.4, -0.2) is 37.0 Å². The number of hydrogen-bond donors (Lipinski definition) is 1. The Kier molecular flexibility index (Phi) is 6.52. The van der Waals surface area contributed by atoms with E-state index in [1.54, 1.807) is 18.2 Å². The Morgan fingerprint density at radius 2 is 2.14 bits per heavy atom. The molecule has 1 aromatic rings. The summed E-state index contributed by atoms with van der Waals surface area (Å²) in [6.45, 7) is 6.48. The molecule has 0 saturated carbocycles. The second kappa shape index (κ2) is 8.16. The van der Waals surface area contributed by atoms with E-state index in [4.69, 9.17) is 11.6 Å². The summed E-state index contributed by atoms with van der Waals surface area (Å²) in [4.78, 5) is 14.6. The highest BCUT2D eigenvalue weighted by Crippen LogP contribution is 2.21. The van der Waals surface area contributed by atoms with Gasteiger partial charge in [0.15, 0.2) is 0 Å². The van der Waals surface area contributed by atoms with Crippen molar-refractivity contribution in [1.29, 1.82) is 0 Å². The number of nitrogens with zero attached hydrogens (tertiary/aromatic N) is 1.